The molecule has 1 fully saturated rings. The number of imide groups is 1. The Bertz CT molecular complexity index is 1060. The van der Waals surface area contributed by atoms with Gasteiger partial charge in [-0.15, -0.1) is 0 Å². The van der Waals surface area contributed by atoms with Gasteiger partial charge in [-0.2, -0.15) is 0 Å². The van der Waals surface area contributed by atoms with E-state index in [1.165, 1.54) is 12.1 Å². The molecule has 28 heavy (non-hydrogen) atoms. The molecule has 2 amide bonds. The number of carbonyl (C=O) groups excluding carboxylic acids is 2. The summed E-state index contributed by atoms with van der Waals surface area (Å²) in [5, 5.41) is 0. The zero-order chi connectivity index (χ0) is 19.0. The maximum atomic E-state index is 14.5. The van der Waals surface area contributed by atoms with Crippen molar-refractivity contribution in [3.05, 3.63) is 101 Å². The molecule has 4 heteroatoms. The quantitative estimate of drug-likeness (QED) is 0.602. The van der Waals surface area contributed by atoms with Gasteiger partial charge in [-0.25, -0.2) is 9.29 Å². The maximum absolute atomic E-state index is 14.5. The topological polar surface area (TPSA) is 37.4 Å². The first-order valence-corrected chi connectivity index (χ1v) is 9.48. The molecule has 1 heterocycles. The molecule has 3 aliphatic carbocycles. The second-order valence-corrected chi connectivity index (χ2v) is 7.73. The van der Waals surface area contributed by atoms with Crippen LogP contribution >= 0.6 is 0 Å². The van der Waals surface area contributed by atoms with Crippen LogP contribution in [0.3, 0.4) is 0 Å². The number of benzene rings is 3. The van der Waals surface area contributed by atoms with Crippen LogP contribution in [0.15, 0.2) is 72.8 Å². The van der Waals surface area contributed by atoms with Gasteiger partial charge < -0.3 is 0 Å². The molecule has 7 rings (SSSR count). The molecule has 3 aromatic carbocycles. The second kappa shape index (κ2) is 5.38. The van der Waals surface area contributed by atoms with Gasteiger partial charge in [0.1, 0.15) is 5.82 Å². The SMILES string of the molecule is O=C1C2C3c4ccccc4C(c4ccccc43)C2C(=O)N1c1ccccc1F. The van der Waals surface area contributed by atoms with Gasteiger partial charge in [-0.05, 0) is 34.4 Å². The van der Waals surface area contributed by atoms with E-state index < -0.39 is 17.7 Å². The summed E-state index contributed by atoms with van der Waals surface area (Å²) in [5.41, 5.74) is 4.51. The van der Waals surface area contributed by atoms with E-state index in [-0.39, 0.29) is 29.3 Å². The lowest BCUT2D eigenvalue weighted by molar-refractivity contribution is -0.122. The Hall–Kier alpha value is -3.27. The second-order valence-electron chi connectivity index (χ2n) is 7.73. The molecule has 0 aromatic heterocycles. The molecular formula is C24H16FNO2. The molecule has 2 atom stereocenters. The van der Waals surface area contributed by atoms with Crippen LogP contribution in [0.5, 0.6) is 0 Å². The minimum atomic E-state index is -0.551. The predicted molar refractivity (Wildman–Crippen MR) is 102 cm³/mol. The Balaban J connectivity index is 1.59. The van der Waals surface area contributed by atoms with Crippen molar-refractivity contribution in [2.45, 2.75) is 11.8 Å². The lowest BCUT2D eigenvalue weighted by Gasteiger charge is -2.45. The van der Waals surface area contributed by atoms with Crippen molar-refractivity contribution in [3.8, 4) is 0 Å². The first kappa shape index (κ1) is 15.8. The van der Waals surface area contributed by atoms with Crippen LogP contribution in [0.2, 0.25) is 0 Å². The van der Waals surface area contributed by atoms with Crippen molar-refractivity contribution in [2.75, 3.05) is 4.90 Å². The largest absolute Gasteiger partial charge is 0.274 e. The highest BCUT2D eigenvalue weighted by Gasteiger charge is 2.61. The standard InChI is InChI=1S/C24H16FNO2/c25-17-11-5-6-12-18(17)26-23(27)21-19-13-7-1-2-8-14(13)20(22(21)24(26)28)16-10-4-3-9-15(16)19/h1-12,19-22H. The number of carbonyl (C=O) groups is 2. The van der Waals surface area contributed by atoms with Gasteiger partial charge in [-0.3, -0.25) is 9.59 Å². The van der Waals surface area contributed by atoms with Crippen LogP contribution in [-0.2, 0) is 9.59 Å². The van der Waals surface area contributed by atoms with Crippen LogP contribution in [0.1, 0.15) is 34.1 Å². The minimum Gasteiger partial charge on any atom is -0.274 e. The monoisotopic (exact) mass is 369 g/mol. The molecule has 2 bridgehead atoms. The lowest BCUT2D eigenvalue weighted by Crippen LogP contribution is -2.41. The van der Waals surface area contributed by atoms with E-state index in [2.05, 4.69) is 24.3 Å². The van der Waals surface area contributed by atoms with Gasteiger partial charge in [0, 0.05) is 11.8 Å². The summed E-state index contributed by atoms with van der Waals surface area (Å²) >= 11 is 0. The Kier molecular flexibility index (Phi) is 3.03. The van der Waals surface area contributed by atoms with Crippen molar-refractivity contribution in [2.24, 2.45) is 11.8 Å². The average Bonchev–Trinajstić information content (AvgIpc) is 2.99. The number of para-hydroxylation sites is 1. The number of nitrogens with zero attached hydrogens (tertiary/aromatic N) is 1. The first-order chi connectivity index (χ1) is 13.7. The summed E-state index contributed by atoms with van der Waals surface area (Å²) in [6, 6.07) is 22.2. The number of halogens is 1. The fourth-order valence-electron chi connectivity index (χ4n) is 5.55. The van der Waals surface area contributed by atoms with E-state index in [0.717, 1.165) is 27.2 Å². The van der Waals surface area contributed by atoms with Crippen LogP contribution in [0.4, 0.5) is 10.1 Å². The van der Waals surface area contributed by atoms with E-state index in [0.29, 0.717) is 0 Å². The molecule has 1 aliphatic heterocycles. The fraction of sp³-hybridized carbons (Fsp3) is 0.167. The van der Waals surface area contributed by atoms with Crippen molar-refractivity contribution < 1.29 is 14.0 Å². The number of hydrogen-bond acceptors (Lipinski definition) is 2. The van der Waals surface area contributed by atoms with Gasteiger partial charge >= 0.3 is 0 Å². The Morgan fingerprint density at radius 1 is 0.607 bits per heavy atom. The van der Waals surface area contributed by atoms with E-state index in [1.807, 2.05) is 24.3 Å². The van der Waals surface area contributed by atoms with Gasteiger partial charge in [-0.1, -0.05) is 60.7 Å². The van der Waals surface area contributed by atoms with Gasteiger partial charge in [0.25, 0.3) is 0 Å². The van der Waals surface area contributed by atoms with Crippen LogP contribution in [-0.4, -0.2) is 11.8 Å². The third-order valence-electron chi connectivity index (χ3n) is 6.54. The van der Waals surface area contributed by atoms with Crippen molar-refractivity contribution in [3.63, 3.8) is 0 Å². The summed E-state index contributed by atoms with van der Waals surface area (Å²) in [6.07, 6.45) is 0. The highest BCUT2D eigenvalue weighted by molar-refractivity contribution is 6.23. The molecule has 3 nitrogen and oxygen atoms in total. The van der Waals surface area contributed by atoms with Crippen molar-refractivity contribution in [1.82, 2.24) is 0 Å². The van der Waals surface area contributed by atoms with E-state index >= 15 is 0 Å². The summed E-state index contributed by atoms with van der Waals surface area (Å²) in [7, 11) is 0. The molecular weight excluding hydrogens is 353 g/mol. The third-order valence-corrected chi connectivity index (χ3v) is 6.54. The first-order valence-electron chi connectivity index (χ1n) is 9.48. The van der Waals surface area contributed by atoms with Crippen molar-refractivity contribution in [1.29, 1.82) is 0 Å². The summed E-state index contributed by atoms with van der Waals surface area (Å²) in [6.45, 7) is 0. The zero-order valence-corrected chi connectivity index (χ0v) is 14.9. The summed E-state index contributed by atoms with van der Waals surface area (Å²) in [5.74, 6) is -2.45. The Morgan fingerprint density at radius 3 is 1.43 bits per heavy atom. The Labute approximate surface area is 161 Å². The summed E-state index contributed by atoms with van der Waals surface area (Å²) in [4.78, 5) is 28.0. The number of anilines is 1. The van der Waals surface area contributed by atoms with E-state index in [4.69, 9.17) is 0 Å². The molecule has 0 N–H and O–H groups in total. The predicted octanol–water partition coefficient (Wildman–Crippen LogP) is 4.22. The minimum absolute atomic E-state index is 0.0550. The van der Waals surface area contributed by atoms with Gasteiger partial charge in [0.05, 0.1) is 17.5 Å². The zero-order valence-electron chi connectivity index (χ0n) is 14.9. The smallest absolute Gasteiger partial charge is 0.238 e. The molecule has 1 saturated heterocycles. The van der Waals surface area contributed by atoms with E-state index in [9.17, 15) is 14.0 Å². The highest BCUT2D eigenvalue weighted by atomic mass is 19.1. The highest BCUT2D eigenvalue weighted by Crippen LogP contribution is 2.61. The van der Waals surface area contributed by atoms with Crippen molar-refractivity contribution >= 4 is 17.5 Å². The number of rotatable bonds is 1. The normalized spacial score (nSPS) is 26.8. The van der Waals surface area contributed by atoms with E-state index in [1.54, 1.807) is 12.1 Å². The molecule has 4 aliphatic rings. The fourth-order valence-corrected chi connectivity index (χ4v) is 5.55. The van der Waals surface area contributed by atoms with Crippen LogP contribution in [0, 0.1) is 17.7 Å². The maximum Gasteiger partial charge on any atom is 0.238 e. The number of amides is 2. The lowest BCUT2D eigenvalue weighted by atomic mass is 9.55. The molecule has 136 valence electrons. The van der Waals surface area contributed by atoms with Crippen LogP contribution < -0.4 is 4.90 Å². The molecule has 0 spiro atoms. The molecule has 0 radical (unpaired) electrons. The average molecular weight is 369 g/mol. The van der Waals surface area contributed by atoms with Gasteiger partial charge in [0.2, 0.25) is 11.8 Å². The molecule has 3 aromatic rings. The number of hydrogen-bond donors (Lipinski definition) is 0. The molecule has 0 saturated carbocycles. The Morgan fingerprint density at radius 2 is 1.00 bits per heavy atom. The van der Waals surface area contributed by atoms with Crippen LogP contribution in [0.25, 0.3) is 0 Å². The summed E-state index contributed by atoms with van der Waals surface area (Å²) < 4.78 is 14.5. The molecule has 2 unspecified atom stereocenters. The third kappa shape index (κ3) is 1.78. The van der Waals surface area contributed by atoms with Gasteiger partial charge in [0.15, 0.2) is 0 Å².